The Hall–Kier alpha value is -1.99. The van der Waals surface area contributed by atoms with E-state index in [2.05, 4.69) is 15.4 Å². The number of hydrogen-bond donors (Lipinski definition) is 1. The van der Waals surface area contributed by atoms with E-state index in [9.17, 15) is 4.79 Å². The second kappa shape index (κ2) is 5.90. The molecule has 1 aromatic carbocycles. The summed E-state index contributed by atoms with van der Waals surface area (Å²) in [6.07, 6.45) is 3.29. The number of aromatic nitrogens is 4. The highest BCUT2D eigenvalue weighted by Gasteiger charge is 2.27. The number of amides is 1. The summed E-state index contributed by atoms with van der Waals surface area (Å²) >= 11 is 7.74. The van der Waals surface area contributed by atoms with Crippen LogP contribution in [0.1, 0.15) is 34.3 Å². The van der Waals surface area contributed by atoms with Gasteiger partial charge in [-0.1, -0.05) is 11.6 Å². The Kier molecular flexibility index (Phi) is 3.74. The van der Waals surface area contributed by atoms with Crippen molar-refractivity contribution in [2.75, 3.05) is 13.1 Å². The molecular weight excluding hydrogens is 334 g/mol. The van der Waals surface area contributed by atoms with Crippen LogP contribution < -0.4 is 0 Å². The van der Waals surface area contributed by atoms with Gasteiger partial charge in [-0.2, -0.15) is 15.4 Å². The van der Waals surface area contributed by atoms with Crippen LogP contribution in [0.3, 0.4) is 0 Å². The second-order valence-electron chi connectivity index (χ2n) is 5.59. The number of thiazole rings is 1. The number of piperidine rings is 1. The Morgan fingerprint density at radius 1 is 1.35 bits per heavy atom. The van der Waals surface area contributed by atoms with E-state index >= 15 is 0 Å². The van der Waals surface area contributed by atoms with E-state index in [4.69, 9.17) is 16.6 Å². The minimum atomic E-state index is -0.0618. The molecule has 8 heteroatoms. The van der Waals surface area contributed by atoms with Gasteiger partial charge in [0.2, 0.25) is 0 Å². The van der Waals surface area contributed by atoms with Crippen molar-refractivity contribution in [1.82, 2.24) is 25.3 Å². The molecule has 1 aliphatic rings. The highest BCUT2D eigenvalue weighted by molar-refractivity contribution is 7.18. The fourth-order valence-electron chi connectivity index (χ4n) is 2.89. The molecule has 1 N–H and O–H groups in total. The molecule has 3 aromatic rings. The SMILES string of the molecule is O=C(c1cn[nH]n1)N1CCC(c2nc3cc(Cl)ccc3s2)CC1. The third kappa shape index (κ3) is 2.82. The van der Waals surface area contributed by atoms with Gasteiger partial charge in [-0.3, -0.25) is 4.79 Å². The average Bonchev–Trinajstić information content (AvgIpc) is 3.23. The molecule has 0 spiro atoms. The normalized spacial score (nSPS) is 16.1. The predicted molar refractivity (Wildman–Crippen MR) is 88.9 cm³/mol. The molecule has 4 rings (SSSR count). The molecule has 2 aromatic heterocycles. The van der Waals surface area contributed by atoms with Crippen molar-refractivity contribution in [2.24, 2.45) is 0 Å². The molecule has 0 atom stereocenters. The lowest BCUT2D eigenvalue weighted by molar-refractivity contribution is 0.0707. The lowest BCUT2D eigenvalue weighted by Crippen LogP contribution is -2.38. The maximum atomic E-state index is 12.3. The maximum absolute atomic E-state index is 12.3. The number of likely N-dealkylation sites (tertiary alicyclic amines) is 1. The van der Waals surface area contributed by atoms with Crippen LogP contribution in [-0.4, -0.2) is 44.3 Å². The summed E-state index contributed by atoms with van der Waals surface area (Å²) in [6.45, 7) is 1.43. The Balaban J connectivity index is 1.47. The third-order valence-corrected chi connectivity index (χ3v) is 5.57. The van der Waals surface area contributed by atoms with Crippen molar-refractivity contribution in [1.29, 1.82) is 0 Å². The van der Waals surface area contributed by atoms with Crippen LogP contribution >= 0.6 is 22.9 Å². The van der Waals surface area contributed by atoms with Gasteiger partial charge in [0.25, 0.3) is 5.91 Å². The Morgan fingerprint density at radius 3 is 2.91 bits per heavy atom. The zero-order chi connectivity index (χ0) is 15.8. The molecule has 1 aliphatic heterocycles. The van der Waals surface area contributed by atoms with Crippen LogP contribution in [0.2, 0.25) is 5.02 Å². The first-order chi connectivity index (χ1) is 11.2. The minimum absolute atomic E-state index is 0.0618. The number of nitrogens with one attached hydrogen (secondary N) is 1. The molecule has 23 heavy (non-hydrogen) atoms. The highest BCUT2D eigenvalue weighted by Crippen LogP contribution is 2.34. The Bertz CT molecular complexity index is 839. The quantitative estimate of drug-likeness (QED) is 0.773. The number of carbonyl (C=O) groups excluding carboxylic acids is 1. The second-order valence-corrected chi connectivity index (χ2v) is 7.08. The molecule has 118 valence electrons. The smallest absolute Gasteiger partial charge is 0.276 e. The molecule has 1 amide bonds. The number of H-pyrrole nitrogens is 1. The van der Waals surface area contributed by atoms with Gasteiger partial charge in [0.15, 0.2) is 5.69 Å². The van der Waals surface area contributed by atoms with Crippen LogP contribution in [0.15, 0.2) is 24.4 Å². The number of rotatable bonds is 2. The molecule has 0 aliphatic carbocycles. The van der Waals surface area contributed by atoms with E-state index in [-0.39, 0.29) is 5.91 Å². The monoisotopic (exact) mass is 347 g/mol. The molecule has 0 saturated carbocycles. The zero-order valence-electron chi connectivity index (χ0n) is 12.2. The van der Waals surface area contributed by atoms with E-state index in [1.165, 1.54) is 6.20 Å². The van der Waals surface area contributed by atoms with Crippen molar-refractivity contribution in [3.05, 3.63) is 40.1 Å². The van der Waals surface area contributed by atoms with E-state index in [0.29, 0.717) is 29.7 Å². The first kappa shape index (κ1) is 14.6. The van der Waals surface area contributed by atoms with Crippen LogP contribution in [0.4, 0.5) is 0 Å². The molecular formula is C15H14ClN5OS. The van der Waals surface area contributed by atoms with Gasteiger partial charge in [-0.15, -0.1) is 11.3 Å². The molecule has 1 saturated heterocycles. The minimum Gasteiger partial charge on any atom is -0.337 e. The largest absolute Gasteiger partial charge is 0.337 e. The summed E-state index contributed by atoms with van der Waals surface area (Å²) in [4.78, 5) is 18.8. The molecule has 6 nitrogen and oxygen atoms in total. The van der Waals surface area contributed by atoms with Gasteiger partial charge in [0.1, 0.15) is 0 Å². The molecule has 3 heterocycles. The first-order valence-corrected chi connectivity index (χ1v) is 8.61. The summed E-state index contributed by atoms with van der Waals surface area (Å²) in [6, 6.07) is 5.81. The molecule has 0 radical (unpaired) electrons. The molecule has 0 bridgehead atoms. The summed E-state index contributed by atoms with van der Waals surface area (Å²) < 4.78 is 1.16. The van der Waals surface area contributed by atoms with Crippen molar-refractivity contribution in [3.8, 4) is 0 Å². The highest BCUT2D eigenvalue weighted by atomic mass is 35.5. The van der Waals surface area contributed by atoms with Gasteiger partial charge < -0.3 is 4.90 Å². The number of halogens is 1. The average molecular weight is 348 g/mol. The zero-order valence-corrected chi connectivity index (χ0v) is 13.8. The summed E-state index contributed by atoms with van der Waals surface area (Å²) in [5.41, 5.74) is 1.33. The fraction of sp³-hybridized carbons (Fsp3) is 0.333. The van der Waals surface area contributed by atoms with Gasteiger partial charge in [-0.05, 0) is 31.0 Å². The van der Waals surface area contributed by atoms with Gasteiger partial charge in [0.05, 0.1) is 21.4 Å². The van der Waals surface area contributed by atoms with Gasteiger partial charge in [-0.25, -0.2) is 4.98 Å². The third-order valence-electron chi connectivity index (χ3n) is 4.13. The van der Waals surface area contributed by atoms with E-state index in [1.54, 1.807) is 11.3 Å². The van der Waals surface area contributed by atoms with E-state index < -0.39 is 0 Å². The number of fused-ring (bicyclic) bond motifs is 1. The van der Waals surface area contributed by atoms with Gasteiger partial charge >= 0.3 is 0 Å². The van der Waals surface area contributed by atoms with Crippen molar-refractivity contribution in [2.45, 2.75) is 18.8 Å². The number of aromatic amines is 1. The first-order valence-electron chi connectivity index (χ1n) is 7.42. The number of carbonyl (C=O) groups is 1. The van der Waals surface area contributed by atoms with E-state index in [0.717, 1.165) is 28.1 Å². The maximum Gasteiger partial charge on any atom is 0.276 e. The van der Waals surface area contributed by atoms with Crippen molar-refractivity contribution in [3.63, 3.8) is 0 Å². The van der Waals surface area contributed by atoms with E-state index in [1.807, 2.05) is 23.1 Å². The summed E-state index contributed by atoms with van der Waals surface area (Å²) in [7, 11) is 0. The topological polar surface area (TPSA) is 74.8 Å². The summed E-state index contributed by atoms with van der Waals surface area (Å²) in [5.74, 6) is 0.334. The van der Waals surface area contributed by atoms with Crippen LogP contribution in [-0.2, 0) is 0 Å². The van der Waals surface area contributed by atoms with Crippen molar-refractivity contribution >= 4 is 39.1 Å². The predicted octanol–water partition coefficient (Wildman–Crippen LogP) is 3.09. The van der Waals surface area contributed by atoms with Crippen LogP contribution in [0, 0.1) is 0 Å². The lowest BCUT2D eigenvalue weighted by atomic mass is 9.97. The summed E-state index contributed by atoms with van der Waals surface area (Å²) in [5, 5.41) is 11.9. The fourth-order valence-corrected chi connectivity index (χ4v) is 4.17. The number of benzene rings is 1. The Labute approximate surface area is 141 Å². The standard InChI is InChI=1S/C15H14ClN5OS/c16-10-1-2-13-11(7-10)18-14(23-13)9-3-5-21(6-4-9)15(22)12-8-17-20-19-12/h1-2,7-9H,3-6H2,(H,17,19,20). The van der Waals surface area contributed by atoms with Crippen LogP contribution in [0.5, 0.6) is 0 Å². The number of hydrogen-bond acceptors (Lipinski definition) is 5. The number of nitrogens with zero attached hydrogens (tertiary/aromatic N) is 4. The van der Waals surface area contributed by atoms with Crippen molar-refractivity contribution < 1.29 is 4.79 Å². The Morgan fingerprint density at radius 2 is 2.17 bits per heavy atom. The lowest BCUT2D eigenvalue weighted by Gasteiger charge is -2.30. The molecule has 1 fully saturated rings. The molecule has 0 unspecified atom stereocenters. The van der Waals surface area contributed by atoms with Gasteiger partial charge in [0, 0.05) is 24.0 Å². The van der Waals surface area contributed by atoms with Crippen LogP contribution in [0.25, 0.3) is 10.2 Å².